The Hall–Kier alpha value is -1.91. The van der Waals surface area contributed by atoms with Crippen LogP contribution in [-0.2, 0) is 13.0 Å². The van der Waals surface area contributed by atoms with Gasteiger partial charge in [0, 0.05) is 23.9 Å². The van der Waals surface area contributed by atoms with E-state index >= 15 is 0 Å². The van der Waals surface area contributed by atoms with Crippen LogP contribution >= 0.6 is 0 Å². The van der Waals surface area contributed by atoms with Gasteiger partial charge < -0.3 is 4.98 Å². The molecule has 0 aromatic carbocycles. The van der Waals surface area contributed by atoms with Gasteiger partial charge >= 0.3 is 0 Å². The number of aromatic nitrogens is 4. The van der Waals surface area contributed by atoms with Crippen molar-refractivity contribution in [2.24, 2.45) is 0 Å². The van der Waals surface area contributed by atoms with Crippen molar-refractivity contribution in [2.75, 3.05) is 0 Å². The normalized spacial score (nSPS) is 10.7. The van der Waals surface area contributed by atoms with Gasteiger partial charge in [0.2, 0.25) is 0 Å². The summed E-state index contributed by atoms with van der Waals surface area (Å²) in [6.45, 7) is 4.93. The largest absolute Gasteiger partial charge is 0.313 e. The van der Waals surface area contributed by atoms with E-state index in [1.165, 1.54) is 6.33 Å². The zero-order valence-electron chi connectivity index (χ0n) is 10.1. The van der Waals surface area contributed by atoms with Gasteiger partial charge in [-0.05, 0) is 12.8 Å². The van der Waals surface area contributed by atoms with E-state index in [1.807, 2.05) is 17.8 Å². The van der Waals surface area contributed by atoms with E-state index in [0.717, 1.165) is 24.2 Å². The molecule has 0 fully saturated rings. The maximum absolute atomic E-state index is 11.7. The van der Waals surface area contributed by atoms with E-state index in [9.17, 15) is 4.79 Å². The van der Waals surface area contributed by atoms with Gasteiger partial charge in [-0.2, -0.15) is 5.10 Å². The number of nitrogens with zero attached hydrogens (tertiary/aromatic N) is 3. The molecule has 2 aromatic heterocycles. The van der Waals surface area contributed by atoms with Crippen LogP contribution in [-0.4, -0.2) is 19.7 Å². The lowest BCUT2D eigenvalue weighted by Crippen LogP contribution is -2.13. The summed E-state index contributed by atoms with van der Waals surface area (Å²) in [6, 6.07) is 0. The number of hydrogen-bond acceptors (Lipinski definition) is 3. The van der Waals surface area contributed by atoms with E-state index in [1.54, 1.807) is 6.20 Å². The summed E-state index contributed by atoms with van der Waals surface area (Å²) in [6.07, 6.45) is 6.83. The van der Waals surface area contributed by atoms with Crippen LogP contribution in [0, 0.1) is 0 Å². The van der Waals surface area contributed by atoms with Gasteiger partial charge in [-0.25, -0.2) is 4.98 Å². The molecule has 0 aliphatic rings. The van der Waals surface area contributed by atoms with Crippen molar-refractivity contribution in [3.05, 3.63) is 34.6 Å². The second-order valence-electron chi connectivity index (χ2n) is 3.90. The quantitative estimate of drug-likeness (QED) is 0.871. The molecule has 0 amide bonds. The van der Waals surface area contributed by atoms with Crippen LogP contribution in [0.15, 0.2) is 23.5 Å². The average Bonchev–Trinajstić information content (AvgIpc) is 2.78. The Labute approximate surface area is 99.5 Å². The van der Waals surface area contributed by atoms with Crippen LogP contribution in [0.4, 0.5) is 0 Å². The van der Waals surface area contributed by atoms with Crippen molar-refractivity contribution < 1.29 is 0 Å². The third kappa shape index (κ3) is 2.27. The molecule has 0 atom stereocenters. The highest BCUT2D eigenvalue weighted by Gasteiger charge is 2.10. The van der Waals surface area contributed by atoms with Crippen molar-refractivity contribution in [3.8, 4) is 11.3 Å². The molecule has 0 aliphatic heterocycles. The van der Waals surface area contributed by atoms with Crippen LogP contribution in [0.5, 0.6) is 0 Å². The number of aromatic amines is 1. The summed E-state index contributed by atoms with van der Waals surface area (Å²) in [7, 11) is 0. The first-order chi connectivity index (χ1) is 8.26. The Morgan fingerprint density at radius 3 is 2.94 bits per heavy atom. The molecule has 5 heteroatoms. The Morgan fingerprint density at radius 1 is 1.41 bits per heavy atom. The van der Waals surface area contributed by atoms with Gasteiger partial charge in [-0.15, -0.1) is 0 Å². The summed E-state index contributed by atoms with van der Waals surface area (Å²) in [5, 5.41) is 4.25. The maximum atomic E-state index is 11.7. The Morgan fingerprint density at radius 2 is 2.24 bits per heavy atom. The number of hydrogen-bond donors (Lipinski definition) is 1. The van der Waals surface area contributed by atoms with Crippen LogP contribution < -0.4 is 5.56 Å². The van der Waals surface area contributed by atoms with Crippen molar-refractivity contribution >= 4 is 0 Å². The highest BCUT2D eigenvalue weighted by atomic mass is 16.1. The summed E-state index contributed by atoms with van der Waals surface area (Å²) >= 11 is 0. The van der Waals surface area contributed by atoms with E-state index in [4.69, 9.17) is 0 Å². The molecule has 0 bridgehead atoms. The van der Waals surface area contributed by atoms with Crippen LogP contribution in [0.1, 0.15) is 25.8 Å². The SMILES string of the molecule is CCCn1cc(-c2nc[nH]c(=O)c2CC)cn1. The lowest BCUT2D eigenvalue weighted by Gasteiger charge is -2.02. The third-order valence-corrected chi connectivity index (χ3v) is 2.66. The molecule has 2 aromatic rings. The van der Waals surface area contributed by atoms with Gasteiger partial charge in [0.15, 0.2) is 0 Å². The predicted molar refractivity (Wildman–Crippen MR) is 65.7 cm³/mol. The first-order valence-electron chi connectivity index (χ1n) is 5.85. The van der Waals surface area contributed by atoms with Gasteiger partial charge in [-0.1, -0.05) is 13.8 Å². The second-order valence-corrected chi connectivity index (χ2v) is 3.90. The standard InChI is InChI=1S/C12H16N4O/c1-3-5-16-7-9(6-15-16)11-10(4-2)12(17)14-8-13-11/h6-8H,3-5H2,1-2H3,(H,13,14,17). The summed E-state index contributed by atoms with van der Waals surface area (Å²) in [5.74, 6) is 0. The number of aryl methyl sites for hydroxylation is 1. The third-order valence-electron chi connectivity index (χ3n) is 2.66. The van der Waals surface area contributed by atoms with Gasteiger partial charge in [0.25, 0.3) is 5.56 Å². The molecule has 1 N–H and O–H groups in total. The Kier molecular flexibility index (Phi) is 3.37. The second kappa shape index (κ2) is 4.95. The predicted octanol–water partition coefficient (Wildman–Crippen LogP) is 1.61. The fourth-order valence-electron chi connectivity index (χ4n) is 1.84. The van der Waals surface area contributed by atoms with Crippen molar-refractivity contribution in [2.45, 2.75) is 33.2 Å². The lowest BCUT2D eigenvalue weighted by atomic mass is 10.1. The summed E-state index contributed by atoms with van der Waals surface area (Å²) in [4.78, 5) is 18.5. The van der Waals surface area contributed by atoms with Crippen molar-refractivity contribution in [1.82, 2.24) is 19.7 Å². The van der Waals surface area contributed by atoms with Crippen LogP contribution in [0.2, 0.25) is 0 Å². The molecule has 2 rings (SSSR count). The number of rotatable bonds is 4. The van der Waals surface area contributed by atoms with Gasteiger partial charge in [0.05, 0.1) is 18.2 Å². The molecule has 0 saturated carbocycles. The fourth-order valence-corrected chi connectivity index (χ4v) is 1.84. The average molecular weight is 232 g/mol. The molecule has 90 valence electrons. The zero-order valence-corrected chi connectivity index (χ0v) is 10.1. The van der Waals surface area contributed by atoms with E-state index in [-0.39, 0.29) is 5.56 Å². The molecule has 17 heavy (non-hydrogen) atoms. The monoisotopic (exact) mass is 232 g/mol. The number of nitrogens with one attached hydrogen (secondary N) is 1. The molecule has 0 aliphatic carbocycles. The molecule has 0 unspecified atom stereocenters. The lowest BCUT2D eigenvalue weighted by molar-refractivity contribution is 0.603. The first-order valence-corrected chi connectivity index (χ1v) is 5.85. The molecule has 2 heterocycles. The van der Waals surface area contributed by atoms with Gasteiger partial charge in [0.1, 0.15) is 0 Å². The fraction of sp³-hybridized carbons (Fsp3) is 0.417. The maximum Gasteiger partial charge on any atom is 0.254 e. The molecular weight excluding hydrogens is 216 g/mol. The van der Waals surface area contributed by atoms with Crippen LogP contribution in [0.25, 0.3) is 11.3 Å². The molecule has 0 radical (unpaired) electrons. The van der Waals surface area contributed by atoms with Gasteiger partial charge in [-0.3, -0.25) is 9.48 Å². The summed E-state index contributed by atoms with van der Waals surface area (Å²) in [5.41, 5.74) is 2.28. The Bertz CT molecular complexity index is 556. The summed E-state index contributed by atoms with van der Waals surface area (Å²) < 4.78 is 1.87. The van der Waals surface area contributed by atoms with E-state index in [0.29, 0.717) is 12.0 Å². The van der Waals surface area contributed by atoms with E-state index in [2.05, 4.69) is 22.0 Å². The number of H-pyrrole nitrogens is 1. The van der Waals surface area contributed by atoms with Crippen molar-refractivity contribution in [1.29, 1.82) is 0 Å². The molecule has 5 nitrogen and oxygen atoms in total. The minimum absolute atomic E-state index is 0.0688. The molecule has 0 spiro atoms. The smallest absolute Gasteiger partial charge is 0.254 e. The highest BCUT2D eigenvalue weighted by Crippen LogP contribution is 2.18. The molecule has 0 saturated heterocycles. The topological polar surface area (TPSA) is 63.6 Å². The Balaban J connectivity index is 2.45. The van der Waals surface area contributed by atoms with E-state index < -0.39 is 0 Å². The first kappa shape index (κ1) is 11.6. The minimum atomic E-state index is -0.0688. The minimum Gasteiger partial charge on any atom is -0.313 e. The van der Waals surface area contributed by atoms with Crippen molar-refractivity contribution in [3.63, 3.8) is 0 Å². The molecular formula is C12H16N4O. The van der Waals surface area contributed by atoms with Crippen LogP contribution in [0.3, 0.4) is 0 Å². The highest BCUT2D eigenvalue weighted by molar-refractivity contribution is 5.60. The zero-order chi connectivity index (χ0) is 12.3.